The molecule has 66 heavy (non-hydrogen) atoms. The van der Waals surface area contributed by atoms with Gasteiger partial charge in [0.2, 0.25) is 0 Å². The maximum absolute atomic E-state index is 2.42. The molecule has 2 nitrogen and oxygen atoms in total. The van der Waals surface area contributed by atoms with E-state index >= 15 is 0 Å². The summed E-state index contributed by atoms with van der Waals surface area (Å²) in [6.45, 7) is 4.72. The molecule has 0 spiro atoms. The van der Waals surface area contributed by atoms with E-state index in [4.69, 9.17) is 0 Å². The lowest BCUT2D eigenvalue weighted by Gasteiger charge is -2.28. The van der Waals surface area contributed by atoms with E-state index in [-0.39, 0.29) is 5.41 Å². The molecule has 0 fully saturated rings. The average Bonchev–Trinajstić information content (AvgIpc) is 4.00. The van der Waals surface area contributed by atoms with Gasteiger partial charge in [0.1, 0.15) is 0 Å². The van der Waals surface area contributed by atoms with E-state index < -0.39 is 0 Å². The Morgan fingerprint density at radius 3 is 1.68 bits per heavy atom. The summed E-state index contributed by atoms with van der Waals surface area (Å²) in [4.78, 5) is 2.42. The first kappa shape index (κ1) is 38.5. The van der Waals surface area contributed by atoms with Crippen molar-refractivity contribution in [1.82, 2.24) is 4.57 Å². The first-order chi connectivity index (χ1) is 32.5. The molecule has 12 aromatic rings. The predicted octanol–water partition coefficient (Wildman–Crippen LogP) is 17.9. The zero-order valence-electron chi connectivity index (χ0n) is 36.7. The number of thiophene rings is 1. The number of para-hydroxylation sites is 2. The van der Waals surface area contributed by atoms with Gasteiger partial charge in [-0.3, -0.25) is 0 Å². The molecule has 0 unspecified atom stereocenters. The van der Waals surface area contributed by atoms with Crippen molar-refractivity contribution in [3.63, 3.8) is 0 Å². The zero-order chi connectivity index (χ0) is 43.9. The Kier molecular flexibility index (Phi) is 8.78. The molecule has 0 radical (unpaired) electrons. The minimum absolute atomic E-state index is 0.108. The van der Waals surface area contributed by atoms with Gasteiger partial charge < -0.3 is 9.47 Å². The molecule has 0 N–H and O–H groups in total. The summed E-state index contributed by atoms with van der Waals surface area (Å²) in [5, 5.41) is 5.17. The minimum atomic E-state index is -0.108. The molecular weight excluding hydrogens is 817 g/mol. The Hall–Kier alpha value is -7.98. The second-order valence-corrected chi connectivity index (χ2v) is 19.2. The molecule has 0 amide bonds. The van der Waals surface area contributed by atoms with E-state index in [0.717, 1.165) is 17.1 Å². The van der Waals surface area contributed by atoms with Crippen LogP contribution in [0.3, 0.4) is 0 Å². The first-order valence-corrected chi connectivity index (χ1v) is 23.6. The fraction of sp³-hybridized carbons (Fsp3) is 0.0476. The Balaban J connectivity index is 0.854. The topological polar surface area (TPSA) is 8.17 Å². The zero-order valence-corrected chi connectivity index (χ0v) is 37.6. The van der Waals surface area contributed by atoms with E-state index in [1.807, 2.05) is 11.3 Å². The Morgan fingerprint density at radius 1 is 0.364 bits per heavy atom. The van der Waals surface area contributed by atoms with Crippen LogP contribution in [0.5, 0.6) is 0 Å². The van der Waals surface area contributed by atoms with Gasteiger partial charge in [-0.25, -0.2) is 0 Å². The molecule has 312 valence electrons. The molecule has 1 aliphatic carbocycles. The van der Waals surface area contributed by atoms with Gasteiger partial charge in [0.15, 0.2) is 0 Å². The van der Waals surface area contributed by atoms with E-state index in [1.165, 1.54) is 103 Å². The van der Waals surface area contributed by atoms with Crippen molar-refractivity contribution in [2.75, 3.05) is 4.90 Å². The van der Waals surface area contributed by atoms with Gasteiger partial charge >= 0.3 is 0 Å². The molecule has 0 saturated heterocycles. The van der Waals surface area contributed by atoms with Crippen LogP contribution in [-0.4, -0.2) is 4.57 Å². The molecule has 13 rings (SSSR count). The minimum Gasteiger partial charge on any atom is -0.310 e. The Labute approximate surface area is 388 Å². The fourth-order valence-corrected chi connectivity index (χ4v) is 11.9. The van der Waals surface area contributed by atoms with Crippen molar-refractivity contribution < 1.29 is 0 Å². The van der Waals surface area contributed by atoms with Gasteiger partial charge in [-0.2, -0.15) is 0 Å². The quantitative estimate of drug-likeness (QED) is 0.155. The highest BCUT2D eigenvalue weighted by Gasteiger charge is 2.35. The number of hydrogen-bond acceptors (Lipinski definition) is 2. The van der Waals surface area contributed by atoms with E-state index in [2.05, 4.69) is 254 Å². The summed E-state index contributed by atoms with van der Waals surface area (Å²) in [5.41, 5.74) is 19.6. The first-order valence-electron chi connectivity index (χ1n) is 22.8. The van der Waals surface area contributed by atoms with Crippen molar-refractivity contribution in [3.05, 3.63) is 242 Å². The number of fused-ring (bicyclic) bond motifs is 9. The largest absolute Gasteiger partial charge is 0.310 e. The highest BCUT2D eigenvalue weighted by atomic mass is 32.1. The molecule has 10 aromatic carbocycles. The van der Waals surface area contributed by atoms with Gasteiger partial charge in [0, 0.05) is 59.1 Å². The van der Waals surface area contributed by atoms with Crippen molar-refractivity contribution in [2.45, 2.75) is 19.3 Å². The van der Waals surface area contributed by atoms with Gasteiger partial charge in [-0.15, -0.1) is 11.3 Å². The molecule has 0 saturated carbocycles. The van der Waals surface area contributed by atoms with Crippen LogP contribution in [0.25, 0.3) is 92.2 Å². The highest BCUT2D eigenvalue weighted by molar-refractivity contribution is 7.26. The fourth-order valence-electron chi connectivity index (χ4n) is 10.7. The molecule has 0 bridgehead atoms. The summed E-state index contributed by atoms with van der Waals surface area (Å²) in [6.07, 6.45) is 0. The number of anilines is 3. The third-order valence-electron chi connectivity index (χ3n) is 14.0. The van der Waals surface area contributed by atoms with Crippen molar-refractivity contribution >= 4 is 70.4 Å². The third-order valence-corrected chi connectivity index (χ3v) is 15.2. The van der Waals surface area contributed by atoms with Crippen LogP contribution in [-0.2, 0) is 5.41 Å². The standard InChI is InChI=1S/C63H44N2S/c1-63(2)57-20-9-6-15-51(57)52-37-36-49(40-58(52)63)64(48-34-29-44(30-35-48)50-18-12-19-55-54-17-8-11-22-61(54)66-62(50)55)47-32-27-42(28-33-47)41-23-25-43(26-24-41)45-31-38-60-56(39-45)53-16-7-10-21-59(53)65(60)46-13-4-3-5-14-46/h3-40H,1-2H3. The molecule has 0 atom stereocenters. The van der Waals surface area contributed by atoms with Crippen LogP contribution in [0, 0.1) is 0 Å². The van der Waals surface area contributed by atoms with E-state index in [9.17, 15) is 0 Å². The van der Waals surface area contributed by atoms with Gasteiger partial charge in [-0.1, -0.05) is 172 Å². The second kappa shape index (κ2) is 15.1. The number of hydrogen-bond donors (Lipinski definition) is 0. The van der Waals surface area contributed by atoms with Gasteiger partial charge in [0.25, 0.3) is 0 Å². The third kappa shape index (κ3) is 6.08. The average molecular weight is 861 g/mol. The monoisotopic (exact) mass is 860 g/mol. The van der Waals surface area contributed by atoms with E-state index in [1.54, 1.807) is 0 Å². The summed E-state index contributed by atoms with van der Waals surface area (Å²) >= 11 is 1.88. The van der Waals surface area contributed by atoms with Crippen LogP contribution < -0.4 is 4.90 Å². The van der Waals surface area contributed by atoms with Crippen LogP contribution >= 0.6 is 11.3 Å². The molecule has 2 heterocycles. The molecule has 2 aromatic heterocycles. The normalized spacial score (nSPS) is 12.8. The van der Waals surface area contributed by atoms with Crippen LogP contribution in [0.2, 0.25) is 0 Å². The van der Waals surface area contributed by atoms with Crippen LogP contribution in [0.15, 0.2) is 231 Å². The highest BCUT2D eigenvalue weighted by Crippen LogP contribution is 2.51. The maximum Gasteiger partial charge on any atom is 0.0541 e. The summed E-state index contributed by atoms with van der Waals surface area (Å²) in [6, 6.07) is 85.0. The Morgan fingerprint density at radius 2 is 0.909 bits per heavy atom. The Bertz CT molecular complexity index is 3820. The van der Waals surface area contributed by atoms with Gasteiger partial charge in [0.05, 0.1) is 11.0 Å². The van der Waals surface area contributed by atoms with Crippen molar-refractivity contribution in [1.29, 1.82) is 0 Å². The molecular formula is C63H44N2S. The lowest BCUT2D eigenvalue weighted by molar-refractivity contribution is 0.660. The molecule has 0 aliphatic heterocycles. The lowest BCUT2D eigenvalue weighted by Crippen LogP contribution is -2.16. The molecule has 3 heteroatoms. The van der Waals surface area contributed by atoms with E-state index in [0.29, 0.717) is 0 Å². The second-order valence-electron chi connectivity index (χ2n) is 18.1. The maximum atomic E-state index is 2.42. The SMILES string of the molecule is CC1(C)c2ccccc2-c2ccc(N(c3ccc(-c4ccc(-c5ccc6c(c5)c5ccccc5n6-c5ccccc5)cc4)cc3)c3ccc(-c4cccc5c4sc4ccccc45)cc3)cc21. The summed E-state index contributed by atoms with van der Waals surface area (Å²) < 4.78 is 5.03. The smallest absolute Gasteiger partial charge is 0.0541 e. The van der Waals surface area contributed by atoms with Gasteiger partial charge in [-0.05, 0) is 128 Å². The summed E-state index contributed by atoms with van der Waals surface area (Å²) in [5.74, 6) is 0. The number of nitrogens with zero attached hydrogens (tertiary/aromatic N) is 2. The van der Waals surface area contributed by atoms with Crippen LogP contribution in [0.1, 0.15) is 25.0 Å². The molecule has 1 aliphatic rings. The number of aromatic nitrogens is 1. The predicted molar refractivity (Wildman–Crippen MR) is 282 cm³/mol. The number of benzene rings is 10. The van der Waals surface area contributed by atoms with Crippen molar-refractivity contribution in [3.8, 4) is 50.2 Å². The summed E-state index contributed by atoms with van der Waals surface area (Å²) in [7, 11) is 0. The van der Waals surface area contributed by atoms with Crippen molar-refractivity contribution in [2.24, 2.45) is 0 Å². The van der Waals surface area contributed by atoms with Crippen LogP contribution in [0.4, 0.5) is 17.1 Å². The number of rotatable bonds is 7. The lowest BCUT2D eigenvalue weighted by atomic mass is 9.82.